The Morgan fingerprint density at radius 2 is 2.26 bits per heavy atom. The van der Waals surface area contributed by atoms with E-state index in [-0.39, 0.29) is 5.97 Å². The topological polar surface area (TPSA) is 66.0 Å². The van der Waals surface area contributed by atoms with E-state index in [0.717, 1.165) is 19.0 Å². The number of carbonyl (C=O) groups is 1. The van der Waals surface area contributed by atoms with Crippen molar-refractivity contribution in [1.29, 1.82) is 0 Å². The predicted molar refractivity (Wildman–Crippen MR) is 76.3 cm³/mol. The van der Waals surface area contributed by atoms with E-state index in [1.165, 1.54) is 26.5 Å². The van der Waals surface area contributed by atoms with Gasteiger partial charge in [0.05, 0.1) is 13.5 Å². The van der Waals surface area contributed by atoms with E-state index in [4.69, 9.17) is 0 Å². The molecule has 0 radical (unpaired) electrons. The quantitative estimate of drug-likeness (QED) is 0.410. The lowest BCUT2D eigenvalue weighted by molar-refractivity contribution is -0.140. The molecule has 6 heteroatoms. The van der Waals surface area contributed by atoms with Crippen LogP contribution in [0.15, 0.2) is 4.99 Å². The van der Waals surface area contributed by atoms with E-state index >= 15 is 0 Å². The van der Waals surface area contributed by atoms with Gasteiger partial charge in [-0.2, -0.15) is 0 Å². The van der Waals surface area contributed by atoms with Gasteiger partial charge in [0.25, 0.3) is 0 Å². The third kappa shape index (κ3) is 5.46. The molecule has 0 aromatic rings. The molecule has 0 aromatic carbocycles. The Bertz CT molecular complexity index is 307. The molecule has 1 atom stereocenters. The maximum Gasteiger partial charge on any atom is 0.307 e. The van der Waals surface area contributed by atoms with Gasteiger partial charge in [-0.1, -0.05) is 6.92 Å². The van der Waals surface area contributed by atoms with Crippen LogP contribution >= 0.6 is 0 Å². The molecule has 0 saturated carbocycles. The van der Waals surface area contributed by atoms with Gasteiger partial charge in [0.1, 0.15) is 0 Å². The Morgan fingerprint density at radius 1 is 1.47 bits per heavy atom. The Kier molecular flexibility index (Phi) is 7.25. The lowest BCUT2D eigenvalue weighted by Crippen LogP contribution is -2.45. The van der Waals surface area contributed by atoms with Gasteiger partial charge < -0.3 is 15.4 Å². The van der Waals surface area contributed by atoms with Crippen LogP contribution in [0.5, 0.6) is 0 Å². The van der Waals surface area contributed by atoms with Crippen LogP contribution in [0.25, 0.3) is 0 Å². The van der Waals surface area contributed by atoms with Crippen molar-refractivity contribution < 1.29 is 9.53 Å². The largest absolute Gasteiger partial charge is 0.469 e. The third-order valence-electron chi connectivity index (χ3n) is 3.48. The van der Waals surface area contributed by atoms with Gasteiger partial charge in [0.2, 0.25) is 0 Å². The van der Waals surface area contributed by atoms with E-state index in [1.54, 1.807) is 7.05 Å². The third-order valence-corrected chi connectivity index (χ3v) is 3.48. The van der Waals surface area contributed by atoms with Gasteiger partial charge in [-0.25, -0.2) is 0 Å². The minimum absolute atomic E-state index is 0.212. The van der Waals surface area contributed by atoms with Crippen molar-refractivity contribution in [3.63, 3.8) is 0 Å². The highest BCUT2D eigenvalue weighted by atomic mass is 16.5. The van der Waals surface area contributed by atoms with Crippen molar-refractivity contribution in [2.24, 2.45) is 4.99 Å². The van der Waals surface area contributed by atoms with Crippen molar-refractivity contribution >= 4 is 11.9 Å². The number of aliphatic imine (C=N–C) groups is 1. The Morgan fingerprint density at radius 3 is 2.89 bits per heavy atom. The van der Waals surface area contributed by atoms with Crippen molar-refractivity contribution in [1.82, 2.24) is 15.5 Å². The molecule has 1 aliphatic heterocycles. The average molecular weight is 270 g/mol. The zero-order valence-electron chi connectivity index (χ0n) is 12.2. The summed E-state index contributed by atoms with van der Waals surface area (Å²) < 4.78 is 4.59. The lowest BCUT2D eigenvalue weighted by Gasteiger charge is -2.23. The molecule has 1 saturated heterocycles. The summed E-state index contributed by atoms with van der Waals surface area (Å²) in [4.78, 5) is 17.6. The predicted octanol–water partition coefficient (Wildman–Crippen LogP) is 0.199. The number of carbonyl (C=O) groups excluding carboxylic acids is 1. The summed E-state index contributed by atoms with van der Waals surface area (Å²) in [6, 6.07) is 0.587. The summed E-state index contributed by atoms with van der Waals surface area (Å²) in [6.07, 6.45) is 2.86. The minimum Gasteiger partial charge on any atom is -0.469 e. The van der Waals surface area contributed by atoms with Gasteiger partial charge >= 0.3 is 5.97 Å². The van der Waals surface area contributed by atoms with Crippen LogP contribution in [-0.4, -0.2) is 63.2 Å². The molecule has 19 heavy (non-hydrogen) atoms. The number of rotatable bonds is 6. The van der Waals surface area contributed by atoms with Crippen LogP contribution in [0, 0.1) is 0 Å². The molecule has 110 valence electrons. The second kappa shape index (κ2) is 8.74. The molecule has 0 aromatic heterocycles. The zero-order chi connectivity index (χ0) is 14.1. The number of likely N-dealkylation sites (N-methyl/N-ethyl adjacent to an activating group) is 1. The highest BCUT2D eigenvalue weighted by molar-refractivity contribution is 5.80. The molecule has 0 spiro atoms. The van der Waals surface area contributed by atoms with Crippen LogP contribution in [0.1, 0.15) is 26.2 Å². The summed E-state index contributed by atoms with van der Waals surface area (Å²) >= 11 is 0. The fourth-order valence-corrected chi connectivity index (χ4v) is 2.36. The van der Waals surface area contributed by atoms with Crippen molar-refractivity contribution in [2.45, 2.75) is 32.2 Å². The van der Waals surface area contributed by atoms with Gasteiger partial charge in [0, 0.05) is 26.2 Å². The molecular weight excluding hydrogens is 244 g/mol. The first-order valence-electron chi connectivity index (χ1n) is 6.96. The highest BCUT2D eigenvalue weighted by Crippen LogP contribution is 2.15. The van der Waals surface area contributed by atoms with Crippen LogP contribution in [0.3, 0.4) is 0 Å². The molecular formula is C13H26N4O2. The first kappa shape index (κ1) is 15.8. The fraction of sp³-hybridized carbons (Fsp3) is 0.846. The number of hydrogen-bond donors (Lipinski definition) is 2. The van der Waals surface area contributed by atoms with Crippen molar-refractivity contribution in [3.05, 3.63) is 0 Å². The first-order chi connectivity index (χ1) is 9.21. The molecule has 1 rings (SSSR count). The number of nitrogens with zero attached hydrogens (tertiary/aromatic N) is 2. The number of guanidine groups is 1. The number of esters is 1. The average Bonchev–Trinajstić information content (AvgIpc) is 2.89. The molecule has 1 unspecified atom stereocenters. The van der Waals surface area contributed by atoms with E-state index in [0.29, 0.717) is 19.0 Å². The van der Waals surface area contributed by atoms with E-state index in [9.17, 15) is 4.79 Å². The number of nitrogens with one attached hydrogen (secondary N) is 2. The standard InChI is InChI=1S/C13H26N4O2/c1-4-17-9-5-6-11(17)10-16-13(14-2)15-8-7-12(18)19-3/h11H,4-10H2,1-3H3,(H2,14,15,16). The fourth-order valence-electron chi connectivity index (χ4n) is 2.36. The summed E-state index contributed by atoms with van der Waals surface area (Å²) in [7, 11) is 3.13. The lowest BCUT2D eigenvalue weighted by atomic mass is 10.2. The summed E-state index contributed by atoms with van der Waals surface area (Å²) in [5, 5.41) is 6.42. The van der Waals surface area contributed by atoms with Gasteiger partial charge in [-0.05, 0) is 25.9 Å². The zero-order valence-corrected chi connectivity index (χ0v) is 12.2. The SMILES string of the molecule is CCN1CCCC1CNC(=NC)NCCC(=O)OC. The van der Waals surface area contributed by atoms with Gasteiger partial charge in [0.15, 0.2) is 5.96 Å². The van der Waals surface area contributed by atoms with E-state index in [2.05, 4.69) is 32.2 Å². The molecule has 0 aliphatic carbocycles. The number of methoxy groups -OCH3 is 1. The molecule has 0 amide bonds. The van der Waals surface area contributed by atoms with Crippen LogP contribution < -0.4 is 10.6 Å². The number of hydrogen-bond acceptors (Lipinski definition) is 4. The molecule has 0 bridgehead atoms. The minimum atomic E-state index is -0.212. The smallest absolute Gasteiger partial charge is 0.307 e. The highest BCUT2D eigenvalue weighted by Gasteiger charge is 2.22. The summed E-state index contributed by atoms with van der Waals surface area (Å²) in [5.74, 6) is 0.530. The van der Waals surface area contributed by atoms with Crippen molar-refractivity contribution in [3.8, 4) is 0 Å². The molecule has 1 fully saturated rings. The van der Waals surface area contributed by atoms with Gasteiger partial charge in [-0.3, -0.25) is 14.7 Å². The van der Waals surface area contributed by atoms with Crippen LogP contribution in [0.4, 0.5) is 0 Å². The van der Waals surface area contributed by atoms with Crippen molar-refractivity contribution in [2.75, 3.05) is 40.3 Å². The van der Waals surface area contributed by atoms with E-state index in [1.807, 2.05) is 0 Å². The Hall–Kier alpha value is -1.30. The Balaban J connectivity index is 2.23. The second-order valence-corrected chi connectivity index (χ2v) is 4.63. The monoisotopic (exact) mass is 270 g/mol. The first-order valence-corrected chi connectivity index (χ1v) is 6.96. The molecule has 6 nitrogen and oxygen atoms in total. The second-order valence-electron chi connectivity index (χ2n) is 4.63. The summed E-state index contributed by atoms with van der Waals surface area (Å²) in [6.45, 7) is 5.92. The maximum atomic E-state index is 11.0. The molecule has 1 aliphatic rings. The van der Waals surface area contributed by atoms with E-state index < -0.39 is 0 Å². The number of ether oxygens (including phenoxy) is 1. The normalized spacial score (nSPS) is 20.4. The summed E-state index contributed by atoms with van der Waals surface area (Å²) in [5.41, 5.74) is 0. The van der Waals surface area contributed by atoms with Crippen LogP contribution in [-0.2, 0) is 9.53 Å². The Labute approximate surface area is 115 Å². The number of likely N-dealkylation sites (tertiary alicyclic amines) is 1. The molecule has 2 N–H and O–H groups in total. The molecule has 1 heterocycles. The maximum absolute atomic E-state index is 11.0. The van der Waals surface area contributed by atoms with Gasteiger partial charge in [-0.15, -0.1) is 0 Å². The van der Waals surface area contributed by atoms with Crippen LogP contribution in [0.2, 0.25) is 0 Å².